The van der Waals surface area contributed by atoms with Crippen LogP contribution in [0.4, 0.5) is 0 Å². The number of nitrogens with zero attached hydrogens (tertiary/aromatic N) is 1. The molecule has 2 aromatic rings. The van der Waals surface area contributed by atoms with Gasteiger partial charge >= 0.3 is 0 Å². The third-order valence-electron chi connectivity index (χ3n) is 3.34. The molecule has 1 aliphatic carbocycles. The first kappa shape index (κ1) is 11.9. The Balaban J connectivity index is 1.69. The molecule has 0 unspecified atom stereocenters. The van der Waals surface area contributed by atoms with E-state index in [1.165, 1.54) is 0 Å². The van der Waals surface area contributed by atoms with Gasteiger partial charge in [-0.1, -0.05) is 30.3 Å². The molecule has 0 radical (unpaired) electrons. The van der Waals surface area contributed by atoms with E-state index in [9.17, 15) is 9.90 Å². The smallest absolute Gasteiger partial charge is 0.269 e. The fourth-order valence-electron chi connectivity index (χ4n) is 2.16. The molecule has 0 aliphatic heterocycles. The van der Waals surface area contributed by atoms with Crippen LogP contribution in [0.1, 0.15) is 23.3 Å². The van der Waals surface area contributed by atoms with Crippen LogP contribution in [0.15, 0.2) is 36.4 Å². The molecule has 19 heavy (non-hydrogen) atoms. The van der Waals surface area contributed by atoms with Gasteiger partial charge in [0.25, 0.3) is 5.91 Å². The van der Waals surface area contributed by atoms with Gasteiger partial charge in [-0.3, -0.25) is 9.89 Å². The molecule has 3 N–H and O–H groups in total. The van der Waals surface area contributed by atoms with Gasteiger partial charge in [-0.15, -0.1) is 0 Å². The Morgan fingerprint density at radius 3 is 2.74 bits per heavy atom. The van der Waals surface area contributed by atoms with Gasteiger partial charge in [0, 0.05) is 11.6 Å². The molecule has 0 spiro atoms. The molecule has 5 heteroatoms. The average Bonchev–Trinajstić information content (AvgIpc) is 2.87. The van der Waals surface area contributed by atoms with Crippen molar-refractivity contribution in [1.82, 2.24) is 15.5 Å². The van der Waals surface area contributed by atoms with Crippen molar-refractivity contribution in [3.8, 4) is 11.3 Å². The predicted octanol–water partition coefficient (Wildman–Crippen LogP) is 1.33. The Labute approximate surface area is 110 Å². The van der Waals surface area contributed by atoms with Crippen molar-refractivity contribution in [1.29, 1.82) is 0 Å². The van der Waals surface area contributed by atoms with E-state index in [-0.39, 0.29) is 18.1 Å². The molecule has 0 saturated heterocycles. The summed E-state index contributed by atoms with van der Waals surface area (Å²) < 4.78 is 0. The molecule has 1 aromatic carbocycles. The number of nitrogens with one attached hydrogen (secondary N) is 2. The van der Waals surface area contributed by atoms with Crippen LogP contribution in [0, 0.1) is 0 Å². The van der Waals surface area contributed by atoms with Gasteiger partial charge in [0.2, 0.25) is 0 Å². The molecular weight excluding hydrogens is 242 g/mol. The molecule has 98 valence electrons. The zero-order valence-corrected chi connectivity index (χ0v) is 10.3. The van der Waals surface area contributed by atoms with E-state index >= 15 is 0 Å². The Hall–Kier alpha value is -2.14. The summed E-state index contributed by atoms with van der Waals surface area (Å²) in [6, 6.07) is 11.5. The van der Waals surface area contributed by atoms with Gasteiger partial charge in [-0.2, -0.15) is 5.10 Å². The van der Waals surface area contributed by atoms with E-state index in [1.807, 2.05) is 30.3 Å². The number of H-pyrrole nitrogens is 1. The van der Waals surface area contributed by atoms with Gasteiger partial charge in [-0.05, 0) is 18.9 Å². The van der Waals surface area contributed by atoms with Gasteiger partial charge in [0.1, 0.15) is 5.69 Å². The quantitative estimate of drug-likeness (QED) is 0.776. The zero-order valence-electron chi connectivity index (χ0n) is 10.3. The molecule has 1 heterocycles. The highest BCUT2D eigenvalue weighted by Crippen LogP contribution is 2.20. The van der Waals surface area contributed by atoms with Crippen molar-refractivity contribution < 1.29 is 9.90 Å². The van der Waals surface area contributed by atoms with E-state index < -0.39 is 0 Å². The van der Waals surface area contributed by atoms with E-state index in [0.717, 1.165) is 11.3 Å². The number of rotatable bonds is 3. The van der Waals surface area contributed by atoms with Gasteiger partial charge in [0.15, 0.2) is 0 Å². The van der Waals surface area contributed by atoms with Crippen molar-refractivity contribution in [2.75, 3.05) is 0 Å². The molecule has 0 atom stereocenters. The third kappa shape index (κ3) is 2.51. The standard InChI is InChI=1S/C14H15N3O2/c18-11-6-10(7-11)15-14(19)13-8-12(16-17-13)9-4-2-1-3-5-9/h1-5,8,10-11,18H,6-7H2,(H,15,19)(H,16,17). The highest BCUT2D eigenvalue weighted by atomic mass is 16.3. The van der Waals surface area contributed by atoms with E-state index in [4.69, 9.17) is 0 Å². The number of carbonyl (C=O) groups excluding carboxylic acids is 1. The molecular formula is C14H15N3O2. The number of carbonyl (C=O) groups is 1. The highest BCUT2D eigenvalue weighted by molar-refractivity contribution is 5.93. The number of hydrogen-bond donors (Lipinski definition) is 3. The largest absolute Gasteiger partial charge is 0.393 e. The lowest BCUT2D eigenvalue weighted by Gasteiger charge is -2.31. The minimum Gasteiger partial charge on any atom is -0.393 e. The van der Waals surface area contributed by atoms with Gasteiger partial charge in [-0.25, -0.2) is 0 Å². The summed E-state index contributed by atoms with van der Waals surface area (Å²) in [5, 5.41) is 18.9. The van der Waals surface area contributed by atoms with Crippen LogP contribution < -0.4 is 5.32 Å². The summed E-state index contributed by atoms with van der Waals surface area (Å²) in [6.07, 6.45) is 0.989. The van der Waals surface area contributed by atoms with Crippen LogP contribution in [0.3, 0.4) is 0 Å². The maximum atomic E-state index is 11.9. The second kappa shape index (κ2) is 4.85. The number of aliphatic hydroxyl groups is 1. The fourth-order valence-corrected chi connectivity index (χ4v) is 2.16. The van der Waals surface area contributed by atoms with Crippen molar-refractivity contribution in [3.05, 3.63) is 42.1 Å². The van der Waals surface area contributed by atoms with Crippen molar-refractivity contribution in [3.63, 3.8) is 0 Å². The number of hydrogen-bond acceptors (Lipinski definition) is 3. The minimum atomic E-state index is -0.271. The summed E-state index contributed by atoms with van der Waals surface area (Å²) in [4.78, 5) is 11.9. The monoisotopic (exact) mass is 257 g/mol. The lowest BCUT2D eigenvalue weighted by atomic mass is 9.89. The number of aliphatic hydroxyl groups excluding tert-OH is 1. The van der Waals surface area contributed by atoms with E-state index in [0.29, 0.717) is 18.5 Å². The van der Waals surface area contributed by atoms with Gasteiger partial charge < -0.3 is 10.4 Å². The van der Waals surface area contributed by atoms with Gasteiger partial charge in [0.05, 0.1) is 11.8 Å². The van der Waals surface area contributed by atoms with Crippen LogP contribution in [0.25, 0.3) is 11.3 Å². The fraction of sp³-hybridized carbons (Fsp3) is 0.286. The number of amides is 1. The Bertz CT molecular complexity index is 573. The molecule has 1 saturated carbocycles. The van der Waals surface area contributed by atoms with E-state index in [2.05, 4.69) is 15.5 Å². The van der Waals surface area contributed by atoms with Crippen molar-refractivity contribution in [2.24, 2.45) is 0 Å². The SMILES string of the molecule is O=C(NC1CC(O)C1)c1cc(-c2ccccc2)n[nH]1. The molecule has 1 aromatic heterocycles. The summed E-state index contributed by atoms with van der Waals surface area (Å²) in [5.41, 5.74) is 2.16. The summed E-state index contributed by atoms with van der Waals surface area (Å²) in [5.74, 6) is -0.174. The first-order valence-electron chi connectivity index (χ1n) is 6.32. The maximum Gasteiger partial charge on any atom is 0.269 e. The first-order chi connectivity index (χ1) is 9.22. The lowest BCUT2D eigenvalue weighted by Crippen LogP contribution is -2.46. The topological polar surface area (TPSA) is 78.0 Å². The number of aromatic amines is 1. The molecule has 1 amide bonds. The second-order valence-corrected chi connectivity index (χ2v) is 4.83. The van der Waals surface area contributed by atoms with Crippen LogP contribution in [0.2, 0.25) is 0 Å². The maximum absolute atomic E-state index is 11.9. The number of benzene rings is 1. The van der Waals surface area contributed by atoms with Crippen LogP contribution in [-0.2, 0) is 0 Å². The summed E-state index contributed by atoms with van der Waals surface area (Å²) >= 11 is 0. The first-order valence-corrected chi connectivity index (χ1v) is 6.32. The summed E-state index contributed by atoms with van der Waals surface area (Å²) in [6.45, 7) is 0. The molecule has 1 fully saturated rings. The van der Waals surface area contributed by atoms with Crippen molar-refractivity contribution >= 4 is 5.91 Å². The molecule has 3 rings (SSSR count). The Morgan fingerprint density at radius 2 is 2.05 bits per heavy atom. The lowest BCUT2D eigenvalue weighted by molar-refractivity contribution is 0.0560. The third-order valence-corrected chi connectivity index (χ3v) is 3.34. The second-order valence-electron chi connectivity index (χ2n) is 4.83. The average molecular weight is 257 g/mol. The zero-order chi connectivity index (χ0) is 13.2. The summed E-state index contributed by atoms with van der Waals surface area (Å²) in [7, 11) is 0. The molecule has 1 aliphatic rings. The van der Waals surface area contributed by atoms with Crippen molar-refractivity contribution in [2.45, 2.75) is 25.0 Å². The van der Waals surface area contributed by atoms with Crippen LogP contribution in [-0.4, -0.2) is 33.4 Å². The normalized spacial score (nSPS) is 21.7. The number of aromatic nitrogens is 2. The molecule has 0 bridgehead atoms. The Morgan fingerprint density at radius 1 is 1.32 bits per heavy atom. The van der Waals surface area contributed by atoms with Crippen LogP contribution >= 0.6 is 0 Å². The minimum absolute atomic E-state index is 0.0750. The Kier molecular flexibility index (Phi) is 3.05. The molecule has 5 nitrogen and oxygen atoms in total. The predicted molar refractivity (Wildman–Crippen MR) is 70.5 cm³/mol. The highest BCUT2D eigenvalue weighted by Gasteiger charge is 2.29. The van der Waals surface area contributed by atoms with E-state index in [1.54, 1.807) is 6.07 Å². The van der Waals surface area contributed by atoms with Crippen LogP contribution in [0.5, 0.6) is 0 Å².